The van der Waals surface area contributed by atoms with E-state index in [1.807, 2.05) is 19.2 Å². The van der Waals surface area contributed by atoms with Crippen LogP contribution in [0.25, 0.3) is 11.1 Å². The molecule has 0 unspecified atom stereocenters. The molecule has 3 heteroatoms. The van der Waals surface area contributed by atoms with E-state index in [-0.39, 0.29) is 0 Å². The van der Waals surface area contributed by atoms with E-state index in [4.69, 9.17) is 5.11 Å². The lowest BCUT2D eigenvalue weighted by molar-refractivity contribution is 0.0698. The third-order valence-corrected chi connectivity index (χ3v) is 3.77. The lowest BCUT2D eigenvalue weighted by atomic mass is 9.95. The fraction of sp³-hybridized carbons (Fsp3) is 0.214. The maximum Gasteiger partial charge on any atom is 0.337 e. The van der Waals surface area contributed by atoms with Crippen molar-refractivity contribution < 1.29 is 9.90 Å². The highest BCUT2D eigenvalue weighted by Crippen LogP contribution is 2.31. The Bertz CT molecular complexity index is 582. The Morgan fingerprint density at radius 1 is 1.00 bits per heavy atom. The summed E-state index contributed by atoms with van der Waals surface area (Å²) in [6.45, 7) is 6.13. The molecule has 0 spiro atoms. The van der Waals surface area contributed by atoms with E-state index in [1.165, 1.54) is 22.5 Å². The quantitative estimate of drug-likeness (QED) is 0.868. The number of hydrogen-bond acceptors (Lipinski definition) is 2. The Morgan fingerprint density at radius 2 is 1.65 bits per heavy atom. The molecule has 0 aliphatic carbocycles. The number of hydrogen-bond donors (Lipinski definition) is 1. The second kappa shape index (κ2) is 4.34. The predicted molar refractivity (Wildman–Crippen MR) is 70.9 cm³/mol. The van der Waals surface area contributed by atoms with E-state index in [1.54, 1.807) is 5.38 Å². The summed E-state index contributed by atoms with van der Waals surface area (Å²) in [5.41, 5.74) is 5.77. The molecule has 88 valence electrons. The normalized spacial score (nSPS) is 10.5. The standard InChI is InChI=1S/C14H14O2S/c1-8-4-10(3)11(5-9(8)2)12-6-17-7-13(12)14(15)16/h4-7H,1-3H3,(H,15,16). The molecule has 0 radical (unpaired) electrons. The van der Waals surface area contributed by atoms with Gasteiger partial charge in [0, 0.05) is 10.9 Å². The number of aromatic carboxylic acids is 1. The molecule has 0 aliphatic heterocycles. The van der Waals surface area contributed by atoms with Crippen LogP contribution in [0.4, 0.5) is 0 Å². The summed E-state index contributed by atoms with van der Waals surface area (Å²) >= 11 is 1.43. The van der Waals surface area contributed by atoms with Gasteiger partial charge in [-0.1, -0.05) is 12.1 Å². The van der Waals surface area contributed by atoms with Crippen LogP contribution in [0.1, 0.15) is 27.0 Å². The summed E-state index contributed by atoms with van der Waals surface area (Å²) in [7, 11) is 0. The number of thiophene rings is 1. The monoisotopic (exact) mass is 246 g/mol. The van der Waals surface area contributed by atoms with E-state index in [9.17, 15) is 4.79 Å². The zero-order valence-corrected chi connectivity index (χ0v) is 10.9. The minimum absolute atomic E-state index is 0.390. The Hall–Kier alpha value is -1.61. The Morgan fingerprint density at radius 3 is 2.29 bits per heavy atom. The third-order valence-electron chi connectivity index (χ3n) is 3.02. The molecule has 1 N–H and O–H groups in total. The average molecular weight is 246 g/mol. The zero-order valence-electron chi connectivity index (χ0n) is 10.1. The summed E-state index contributed by atoms with van der Waals surface area (Å²) in [4.78, 5) is 11.1. The number of carbonyl (C=O) groups is 1. The summed E-state index contributed by atoms with van der Waals surface area (Å²) in [5, 5.41) is 12.7. The second-order valence-electron chi connectivity index (χ2n) is 4.26. The van der Waals surface area contributed by atoms with Crippen molar-refractivity contribution in [2.24, 2.45) is 0 Å². The van der Waals surface area contributed by atoms with Gasteiger partial charge < -0.3 is 5.11 Å². The number of rotatable bonds is 2. The fourth-order valence-electron chi connectivity index (χ4n) is 1.92. The van der Waals surface area contributed by atoms with E-state index < -0.39 is 5.97 Å². The van der Waals surface area contributed by atoms with Crippen LogP contribution >= 0.6 is 11.3 Å². The molecule has 2 rings (SSSR count). The van der Waals surface area contributed by atoms with Gasteiger partial charge in [-0.2, -0.15) is 11.3 Å². The van der Waals surface area contributed by atoms with Gasteiger partial charge in [0.2, 0.25) is 0 Å². The minimum atomic E-state index is -0.862. The summed E-state index contributed by atoms with van der Waals surface area (Å²) in [6.07, 6.45) is 0. The van der Waals surface area contributed by atoms with Gasteiger partial charge in [0.15, 0.2) is 0 Å². The Kier molecular flexibility index (Phi) is 3.03. The topological polar surface area (TPSA) is 37.3 Å². The first-order chi connectivity index (χ1) is 8.00. The van der Waals surface area contributed by atoms with Gasteiger partial charge in [-0.25, -0.2) is 4.79 Å². The predicted octanol–water partition coefficient (Wildman–Crippen LogP) is 4.04. The van der Waals surface area contributed by atoms with Crippen molar-refractivity contribution in [3.63, 3.8) is 0 Å². The van der Waals surface area contributed by atoms with Gasteiger partial charge in [-0.15, -0.1) is 0 Å². The molecule has 0 bridgehead atoms. The van der Waals surface area contributed by atoms with Crippen LogP contribution in [-0.4, -0.2) is 11.1 Å². The van der Waals surface area contributed by atoms with Crippen molar-refractivity contribution in [1.29, 1.82) is 0 Å². The van der Waals surface area contributed by atoms with Crippen LogP contribution in [0.3, 0.4) is 0 Å². The zero-order chi connectivity index (χ0) is 12.6. The van der Waals surface area contributed by atoms with Gasteiger partial charge in [-0.05, 0) is 48.4 Å². The molecule has 17 heavy (non-hydrogen) atoms. The van der Waals surface area contributed by atoms with Crippen molar-refractivity contribution in [3.8, 4) is 11.1 Å². The van der Waals surface area contributed by atoms with Gasteiger partial charge in [-0.3, -0.25) is 0 Å². The second-order valence-corrected chi connectivity index (χ2v) is 5.00. The highest BCUT2D eigenvalue weighted by atomic mass is 32.1. The van der Waals surface area contributed by atoms with Crippen LogP contribution in [-0.2, 0) is 0 Å². The highest BCUT2D eigenvalue weighted by molar-refractivity contribution is 7.08. The molecular weight excluding hydrogens is 232 g/mol. The molecule has 0 atom stereocenters. The summed E-state index contributed by atoms with van der Waals surface area (Å²) in [6, 6.07) is 4.17. The van der Waals surface area contributed by atoms with Crippen LogP contribution in [0.15, 0.2) is 22.9 Å². The first kappa shape index (κ1) is 11.9. The average Bonchev–Trinajstić information content (AvgIpc) is 2.72. The van der Waals surface area contributed by atoms with Gasteiger partial charge in [0.1, 0.15) is 0 Å². The molecule has 1 heterocycles. The molecule has 2 nitrogen and oxygen atoms in total. The van der Waals surface area contributed by atoms with E-state index >= 15 is 0 Å². The first-order valence-corrected chi connectivity index (χ1v) is 6.32. The number of aryl methyl sites for hydroxylation is 3. The van der Waals surface area contributed by atoms with Crippen LogP contribution in [0, 0.1) is 20.8 Å². The Balaban J connectivity index is 2.64. The maximum atomic E-state index is 11.1. The number of benzene rings is 1. The molecular formula is C14H14O2S. The summed E-state index contributed by atoms with van der Waals surface area (Å²) < 4.78 is 0. The lowest BCUT2D eigenvalue weighted by Gasteiger charge is -2.09. The first-order valence-electron chi connectivity index (χ1n) is 5.38. The van der Waals surface area contributed by atoms with E-state index in [0.29, 0.717) is 5.56 Å². The third kappa shape index (κ3) is 2.11. The minimum Gasteiger partial charge on any atom is -0.478 e. The number of carboxylic acid groups (broad SMARTS) is 1. The maximum absolute atomic E-state index is 11.1. The number of carboxylic acids is 1. The van der Waals surface area contributed by atoms with Gasteiger partial charge >= 0.3 is 5.97 Å². The molecule has 0 saturated carbocycles. The highest BCUT2D eigenvalue weighted by Gasteiger charge is 2.14. The lowest BCUT2D eigenvalue weighted by Crippen LogP contribution is -1.97. The van der Waals surface area contributed by atoms with Crippen molar-refractivity contribution in [2.75, 3.05) is 0 Å². The molecule has 1 aromatic carbocycles. The molecule has 2 aromatic rings. The smallest absolute Gasteiger partial charge is 0.337 e. The van der Waals surface area contributed by atoms with Crippen molar-refractivity contribution in [2.45, 2.75) is 20.8 Å². The molecule has 0 aliphatic rings. The SMILES string of the molecule is Cc1cc(C)c(-c2cscc2C(=O)O)cc1C. The van der Waals surface area contributed by atoms with Crippen LogP contribution in [0.2, 0.25) is 0 Å². The van der Waals surface area contributed by atoms with Crippen molar-refractivity contribution in [1.82, 2.24) is 0 Å². The van der Waals surface area contributed by atoms with Crippen molar-refractivity contribution >= 4 is 17.3 Å². The van der Waals surface area contributed by atoms with Crippen LogP contribution < -0.4 is 0 Å². The van der Waals surface area contributed by atoms with Gasteiger partial charge in [0.25, 0.3) is 0 Å². The van der Waals surface area contributed by atoms with E-state index in [2.05, 4.69) is 19.1 Å². The fourth-order valence-corrected chi connectivity index (χ4v) is 2.74. The molecule has 0 amide bonds. The Labute approximate surface area is 105 Å². The summed E-state index contributed by atoms with van der Waals surface area (Å²) in [5.74, 6) is -0.862. The van der Waals surface area contributed by atoms with E-state index in [0.717, 1.165) is 16.7 Å². The largest absolute Gasteiger partial charge is 0.478 e. The molecule has 0 fully saturated rings. The molecule has 0 saturated heterocycles. The van der Waals surface area contributed by atoms with Crippen LogP contribution in [0.5, 0.6) is 0 Å². The molecule has 1 aromatic heterocycles. The van der Waals surface area contributed by atoms with Crippen molar-refractivity contribution in [3.05, 3.63) is 45.1 Å². The van der Waals surface area contributed by atoms with Gasteiger partial charge in [0.05, 0.1) is 5.56 Å².